The number of hydrogen-bond acceptors (Lipinski definition) is 5. The second-order valence-corrected chi connectivity index (χ2v) is 5.38. The highest BCUT2D eigenvalue weighted by atomic mass is 16.5. The molecule has 6 nitrogen and oxygen atoms in total. The van der Waals surface area contributed by atoms with E-state index in [0.29, 0.717) is 18.8 Å². The lowest BCUT2D eigenvalue weighted by Gasteiger charge is -2.09. The highest BCUT2D eigenvalue weighted by Crippen LogP contribution is 2.23. The number of aromatic nitrogens is 4. The summed E-state index contributed by atoms with van der Waals surface area (Å²) >= 11 is 0. The van der Waals surface area contributed by atoms with Crippen molar-refractivity contribution < 1.29 is 9.47 Å². The van der Waals surface area contributed by atoms with Crippen LogP contribution in [0, 0.1) is 0 Å². The molecule has 0 bridgehead atoms. The topological polar surface area (TPSA) is 62.1 Å². The number of para-hydroxylation sites is 1. The predicted octanol–water partition coefficient (Wildman–Crippen LogP) is 3.70. The monoisotopic (exact) mass is 332 g/mol. The molecule has 2 heterocycles. The smallest absolute Gasteiger partial charge is 0.197 e. The fourth-order valence-electron chi connectivity index (χ4n) is 2.45. The zero-order valence-corrected chi connectivity index (χ0v) is 13.4. The van der Waals surface area contributed by atoms with Gasteiger partial charge in [0.2, 0.25) is 0 Å². The third-order valence-corrected chi connectivity index (χ3v) is 3.66. The van der Waals surface area contributed by atoms with Crippen LogP contribution in [0.2, 0.25) is 0 Å². The molecule has 0 amide bonds. The quantitative estimate of drug-likeness (QED) is 0.539. The molecule has 0 saturated carbocycles. The number of nitrogens with zero attached hydrogens (tertiary/aromatic N) is 4. The molecular weight excluding hydrogens is 316 g/mol. The third kappa shape index (κ3) is 3.58. The van der Waals surface area contributed by atoms with Gasteiger partial charge in [0.15, 0.2) is 11.3 Å². The highest BCUT2D eigenvalue weighted by molar-refractivity contribution is 5.64. The van der Waals surface area contributed by atoms with Gasteiger partial charge in [-0.2, -0.15) is 0 Å². The summed E-state index contributed by atoms with van der Waals surface area (Å²) in [6, 6.07) is 17.2. The zero-order valence-electron chi connectivity index (χ0n) is 13.4. The van der Waals surface area contributed by atoms with Gasteiger partial charge in [0.05, 0.1) is 12.9 Å². The fourth-order valence-corrected chi connectivity index (χ4v) is 2.45. The first-order chi connectivity index (χ1) is 12.4. The number of rotatable bonds is 6. The van der Waals surface area contributed by atoms with Gasteiger partial charge in [-0.15, -0.1) is 0 Å². The lowest BCUT2D eigenvalue weighted by atomic mass is 10.3. The Morgan fingerprint density at radius 2 is 1.48 bits per heavy atom. The third-order valence-electron chi connectivity index (χ3n) is 3.66. The summed E-state index contributed by atoms with van der Waals surface area (Å²) in [7, 11) is 0. The summed E-state index contributed by atoms with van der Waals surface area (Å²) < 4.78 is 13.5. The second-order valence-electron chi connectivity index (χ2n) is 5.38. The Labute approximate surface area is 144 Å². The number of imidazole rings is 1. The first-order valence-electron chi connectivity index (χ1n) is 7.96. The molecule has 0 radical (unpaired) electrons. The van der Waals surface area contributed by atoms with Crippen molar-refractivity contribution in [2.24, 2.45) is 0 Å². The lowest BCUT2D eigenvalue weighted by molar-refractivity contribution is 0.299. The molecule has 4 aromatic rings. The standard InChI is InChI=1S/C19H16N4O2/c1-2-4-16(5-3-1)25-17-8-6-15(7-9-17)24-13-12-23-14-22-18-19(23)21-11-10-20-18/h1-11,14H,12-13H2. The predicted molar refractivity (Wildman–Crippen MR) is 93.8 cm³/mol. The normalized spacial score (nSPS) is 10.7. The first kappa shape index (κ1) is 15.1. The van der Waals surface area contributed by atoms with Gasteiger partial charge in [0.25, 0.3) is 0 Å². The zero-order chi connectivity index (χ0) is 16.9. The minimum atomic E-state index is 0.515. The van der Waals surface area contributed by atoms with Gasteiger partial charge in [0.1, 0.15) is 23.9 Å². The number of hydrogen-bond donors (Lipinski definition) is 0. The van der Waals surface area contributed by atoms with E-state index in [9.17, 15) is 0 Å². The van der Waals surface area contributed by atoms with Crippen LogP contribution < -0.4 is 9.47 Å². The van der Waals surface area contributed by atoms with E-state index in [4.69, 9.17) is 9.47 Å². The van der Waals surface area contributed by atoms with Crippen molar-refractivity contribution in [1.82, 2.24) is 19.5 Å². The number of ether oxygens (including phenoxy) is 2. The first-order valence-corrected chi connectivity index (χ1v) is 7.96. The Hall–Kier alpha value is -3.41. The second kappa shape index (κ2) is 7.00. The van der Waals surface area contributed by atoms with Crippen LogP contribution in [0.3, 0.4) is 0 Å². The van der Waals surface area contributed by atoms with Crippen molar-refractivity contribution >= 4 is 11.3 Å². The molecule has 0 aliphatic rings. The van der Waals surface area contributed by atoms with E-state index in [-0.39, 0.29) is 0 Å². The molecule has 0 N–H and O–H groups in total. The number of benzene rings is 2. The van der Waals surface area contributed by atoms with Gasteiger partial charge >= 0.3 is 0 Å². The largest absolute Gasteiger partial charge is 0.492 e. The van der Waals surface area contributed by atoms with Crippen LogP contribution in [0.4, 0.5) is 0 Å². The van der Waals surface area contributed by atoms with Crippen molar-refractivity contribution in [1.29, 1.82) is 0 Å². The Morgan fingerprint density at radius 3 is 2.32 bits per heavy atom. The molecule has 0 fully saturated rings. The van der Waals surface area contributed by atoms with E-state index in [0.717, 1.165) is 22.9 Å². The van der Waals surface area contributed by atoms with Crippen molar-refractivity contribution in [2.45, 2.75) is 6.54 Å². The van der Waals surface area contributed by atoms with Gasteiger partial charge in [-0.25, -0.2) is 15.0 Å². The molecular formula is C19H16N4O2. The van der Waals surface area contributed by atoms with E-state index in [1.54, 1.807) is 18.7 Å². The molecule has 0 aliphatic carbocycles. The van der Waals surface area contributed by atoms with E-state index >= 15 is 0 Å². The molecule has 0 saturated heterocycles. The molecule has 0 unspecified atom stereocenters. The average Bonchev–Trinajstić information content (AvgIpc) is 3.07. The van der Waals surface area contributed by atoms with E-state index < -0.39 is 0 Å². The minimum Gasteiger partial charge on any atom is -0.492 e. The molecule has 2 aromatic carbocycles. The Bertz CT molecular complexity index is 952. The molecule has 4 rings (SSSR count). The van der Waals surface area contributed by atoms with Gasteiger partial charge in [-0.05, 0) is 36.4 Å². The van der Waals surface area contributed by atoms with Gasteiger partial charge in [-0.3, -0.25) is 0 Å². The van der Waals surface area contributed by atoms with Crippen LogP contribution >= 0.6 is 0 Å². The Balaban J connectivity index is 1.34. The maximum absolute atomic E-state index is 5.78. The molecule has 0 aliphatic heterocycles. The summed E-state index contributed by atoms with van der Waals surface area (Å²) in [5, 5.41) is 0. The highest BCUT2D eigenvalue weighted by Gasteiger charge is 2.04. The van der Waals surface area contributed by atoms with Crippen molar-refractivity contribution in [3.63, 3.8) is 0 Å². The summed E-state index contributed by atoms with van der Waals surface area (Å²) in [6.45, 7) is 1.17. The van der Waals surface area contributed by atoms with Crippen molar-refractivity contribution in [2.75, 3.05) is 6.61 Å². The minimum absolute atomic E-state index is 0.515. The Morgan fingerprint density at radius 1 is 0.760 bits per heavy atom. The van der Waals surface area contributed by atoms with Crippen molar-refractivity contribution in [3.05, 3.63) is 73.3 Å². The summed E-state index contributed by atoms with van der Waals surface area (Å²) in [5.41, 5.74) is 1.41. The Kier molecular flexibility index (Phi) is 4.24. The maximum atomic E-state index is 5.78. The van der Waals surface area contributed by atoms with Crippen LogP contribution in [-0.4, -0.2) is 26.1 Å². The average molecular weight is 332 g/mol. The molecule has 0 spiro atoms. The molecule has 6 heteroatoms. The van der Waals surface area contributed by atoms with Crippen LogP contribution in [0.1, 0.15) is 0 Å². The summed E-state index contributed by atoms with van der Waals surface area (Å²) in [6.07, 6.45) is 5.02. The summed E-state index contributed by atoms with van der Waals surface area (Å²) in [5.74, 6) is 2.37. The van der Waals surface area contributed by atoms with Crippen LogP contribution in [0.5, 0.6) is 17.2 Å². The van der Waals surface area contributed by atoms with Crippen LogP contribution in [-0.2, 0) is 6.54 Å². The molecule has 25 heavy (non-hydrogen) atoms. The van der Waals surface area contributed by atoms with Crippen molar-refractivity contribution in [3.8, 4) is 17.2 Å². The van der Waals surface area contributed by atoms with E-state index in [1.807, 2.05) is 59.2 Å². The van der Waals surface area contributed by atoms with E-state index in [2.05, 4.69) is 15.0 Å². The molecule has 0 atom stereocenters. The number of fused-ring (bicyclic) bond motifs is 1. The van der Waals surface area contributed by atoms with Crippen LogP contribution in [0.25, 0.3) is 11.3 Å². The summed E-state index contributed by atoms with van der Waals surface area (Å²) in [4.78, 5) is 12.7. The molecule has 124 valence electrons. The van der Waals surface area contributed by atoms with Gasteiger partial charge < -0.3 is 14.0 Å². The SMILES string of the molecule is c1ccc(Oc2ccc(OCCn3cnc4nccnc43)cc2)cc1. The van der Waals surface area contributed by atoms with E-state index in [1.165, 1.54) is 0 Å². The fraction of sp³-hybridized carbons (Fsp3) is 0.105. The van der Waals surface area contributed by atoms with Crippen LogP contribution in [0.15, 0.2) is 73.3 Å². The molecule has 2 aromatic heterocycles. The van der Waals surface area contributed by atoms with Gasteiger partial charge in [-0.1, -0.05) is 18.2 Å². The maximum Gasteiger partial charge on any atom is 0.197 e. The van der Waals surface area contributed by atoms with Gasteiger partial charge in [0, 0.05) is 12.4 Å². The lowest BCUT2D eigenvalue weighted by Crippen LogP contribution is -2.07.